The first-order chi connectivity index (χ1) is 12.5. The maximum absolute atomic E-state index is 12.3. The SMILES string of the molecule is CC(Oc1ccc(Cl)cc1Cl)C(=O)NCc1ccnc(-n2ccnc2)c1. The molecule has 1 amide bonds. The average Bonchev–Trinajstić information content (AvgIpc) is 3.17. The molecule has 0 aliphatic heterocycles. The number of ether oxygens (including phenoxy) is 1. The van der Waals surface area contributed by atoms with Crippen LogP contribution in [0.25, 0.3) is 5.82 Å². The number of carbonyl (C=O) groups excluding carboxylic acids is 1. The molecule has 0 fully saturated rings. The van der Waals surface area contributed by atoms with Crippen LogP contribution in [0.15, 0.2) is 55.2 Å². The summed E-state index contributed by atoms with van der Waals surface area (Å²) in [5, 5.41) is 3.70. The van der Waals surface area contributed by atoms with E-state index in [0.717, 1.165) is 11.4 Å². The third-order valence-corrected chi connectivity index (χ3v) is 4.14. The van der Waals surface area contributed by atoms with Gasteiger partial charge >= 0.3 is 0 Å². The third kappa shape index (κ3) is 4.53. The fourth-order valence-corrected chi connectivity index (χ4v) is 2.71. The Morgan fingerprint density at radius 2 is 2.12 bits per heavy atom. The summed E-state index contributed by atoms with van der Waals surface area (Å²) < 4.78 is 7.40. The molecule has 1 aromatic carbocycles. The highest BCUT2D eigenvalue weighted by atomic mass is 35.5. The van der Waals surface area contributed by atoms with Gasteiger partial charge < -0.3 is 10.1 Å². The molecule has 26 heavy (non-hydrogen) atoms. The van der Waals surface area contributed by atoms with Gasteiger partial charge in [-0.1, -0.05) is 23.2 Å². The Labute approximate surface area is 160 Å². The van der Waals surface area contributed by atoms with Gasteiger partial charge in [0.15, 0.2) is 6.10 Å². The van der Waals surface area contributed by atoms with Crippen LogP contribution in [0.5, 0.6) is 5.75 Å². The van der Waals surface area contributed by atoms with Gasteiger partial charge in [0, 0.05) is 30.2 Å². The summed E-state index contributed by atoms with van der Waals surface area (Å²) in [4.78, 5) is 20.5. The minimum Gasteiger partial charge on any atom is -0.479 e. The van der Waals surface area contributed by atoms with Crippen LogP contribution in [-0.4, -0.2) is 26.5 Å². The van der Waals surface area contributed by atoms with Crippen LogP contribution in [-0.2, 0) is 11.3 Å². The van der Waals surface area contributed by atoms with Crippen molar-refractivity contribution in [3.8, 4) is 11.6 Å². The summed E-state index contributed by atoms with van der Waals surface area (Å²) in [7, 11) is 0. The van der Waals surface area contributed by atoms with Gasteiger partial charge in [0.2, 0.25) is 0 Å². The number of rotatable bonds is 6. The molecule has 0 bridgehead atoms. The van der Waals surface area contributed by atoms with Crippen LogP contribution in [0.3, 0.4) is 0 Å². The molecule has 2 heterocycles. The Kier molecular flexibility index (Phi) is 5.75. The number of benzene rings is 1. The van der Waals surface area contributed by atoms with Crippen molar-refractivity contribution in [3.05, 3.63) is 70.9 Å². The first-order valence-electron chi connectivity index (χ1n) is 7.85. The van der Waals surface area contributed by atoms with E-state index in [2.05, 4.69) is 15.3 Å². The standard InChI is InChI=1S/C18H16Cl2N4O2/c1-12(26-16-3-2-14(19)9-15(16)20)18(25)23-10-13-4-5-22-17(8-13)24-7-6-21-11-24/h2-9,11-12H,10H2,1H3,(H,23,25). The fourth-order valence-electron chi connectivity index (χ4n) is 2.25. The summed E-state index contributed by atoms with van der Waals surface area (Å²) in [5.74, 6) is 0.883. The topological polar surface area (TPSA) is 69.0 Å². The Morgan fingerprint density at radius 3 is 2.85 bits per heavy atom. The van der Waals surface area contributed by atoms with E-state index in [1.807, 2.05) is 12.1 Å². The van der Waals surface area contributed by atoms with E-state index in [1.165, 1.54) is 0 Å². The highest BCUT2D eigenvalue weighted by Gasteiger charge is 2.16. The van der Waals surface area contributed by atoms with Crippen molar-refractivity contribution >= 4 is 29.1 Å². The quantitative estimate of drug-likeness (QED) is 0.697. The summed E-state index contributed by atoms with van der Waals surface area (Å²) in [6.45, 7) is 2.01. The van der Waals surface area contributed by atoms with Gasteiger partial charge in [-0.2, -0.15) is 0 Å². The minimum atomic E-state index is -0.705. The van der Waals surface area contributed by atoms with Crippen LogP contribution in [0.2, 0.25) is 10.0 Å². The third-order valence-electron chi connectivity index (χ3n) is 3.61. The van der Waals surface area contributed by atoms with Crippen molar-refractivity contribution < 1.29 is 9.53 Å². The van der Waals surface area contributed by atoms with Crippen molar-refractivity contribution in [1.82, 2.24) is 19.9 Å². The second-order valence-corrected chi connectivity index (χ2v) is 6.39. The largest absolute Gasteiger partial charge is 0.479 e. The number of nitrogens with zero attached hydrogens (tertiary/aromatic N) is 3. The zero-order valence-electron chi connectivity index (χ0n) is 13.9. The molecule has 6 nitrogen and oxygen atoms in total. The molecule has 2 aromatic heterocycles. The van der Waals surface area contributed by atoms with E-state index in [1.54, 1.807) is 54.6 Å². The lowest BCUT2D eigenvalue weighted by molar-refractivity contribution is -0.127. The maximum atomic E-state index is 12.3. The molecule has 1 atom stereocenters. The second kappa shape index (κ2) is 8.21. The molecule has 1 unspecified atom stereocenters. The number of halogens is 2. The zero-order valence-corrected chi connectivity index (χ0v) is 15.4. The van der Waals surface area contributed by atoms with Crippen LogP contribution >= 0.6 is 23.2 Å². The number of hydrogen-bond donors (Lipinski definition) is 1. The van der Waals surface area contributed by atoms with Gasteiger partial charge in [-0.3, -0.25) is 9.36 Å². The summed E-state index contributed by atoms with van der Waals surface area (Å²) in [6.07, 6.45) is 6.12. The van der Waals surface area contributed by atoms with E-state index in [0.29, 0.717) is 22.3 Å². The molecule has 3 aromatic rings. The van der Waals surface area contributed by atoms with Crippen molar-refractivity contribution in [2.45, 2.75) is 19.6 Å². The van der Waals surface area contributed by atoms with Gasteiger partial charge in [-0.15, -0.1) is 0 Å². The minimum absolute atomic E-state index is 0.253. The summed E-state index contributed by atoms with van der Waals surface area (Å²) in [5.41, 5.74) is 0.911. The Balaban J connectivity index is 1.59. The number of nitrogens with one attached hydrogen (secondary N) is 1. The Hall–Kier alpha value is -2.57. The molecule has 0 saturated heterocycles. The molecule has 1 N–H and O–H groups in total. The molecule has 0 saturated carbocycles. The molecule has 134 valence electrons. The van der Waals surface area contributed by atoms with E-state index in [-0.39, 0.29) is 5.91 Å². The number of hydrogen-bond acceptors (Lipinski definition) is 4. The second-order valence-electron chi connectivity index (χ2n) is 5.54. The van der Waals surface area contributed by atoms with Crippen molar-refractivity contribution in [2.24, 2.45) is 0 Å². The molecule has 0 aliphatic rings. The fraction of sp³-hybridized carbons (Fsp3) is 0.167. The van der Waals surface area contributed by atoms with E-state index >= 15 is 0 Å². The van der Waals surface area contributed by atoms with Crippen LogP contribution in [0, 0.1) is 0 Å². The predicted molar refractivity (Wildman–Crippen MR) is 99.8 cm³/mol. The van der Waals surface area contributed by atoms with Gasteiger partial charge in [0.1, 0.15) is 17.9 Å². The average molecular weight is 391 g/mol. The van der Waals surface area contributed by atoms with Crippen molar-refractivity contribution in [3.63, 3.8) is 0 Å². The Morgan fingerprint density at radius 1 is 1.27 bits per heavy atom. The number of imidazole rings is 1. The monoisotopic (exact) mass is 390 g/mol. The molecular formula is C18H16Cl2N4O2. The van der Waals surface area contributed by atoms with E-state index in [4.69, 9.17) is 27.9 Å². The molecular weight excluding hydrogens is 375 g/mol. The van der Waals surface area contributed by atoms with Crippen molar-refractivity contribution in [1.29, 1.82) is 0 Å². The smallest absolute Gasteiger partial charge is 0.261 e. The van der Waals surface area contributed by atoms with E-state index < -0.39 is 6.10 Å². The van der Waals surface area contributed by atoms with Crippen LogP contribution in [0.4, 0.5) is 0 Å². The molecule has 0 spiro atoms. The Bertz CT molecular complexity index is 900. The maximum Gasteiger partial charge on any atom is 0.261 e. The summed E-state index contributed by atoms with van der Waals surface area (Å²) >= 11 is 11.9. The lowest BCUT2D eigenvalue weighted by Gasteiger charge is -2.16. The number of carbonyl (C=O) groups is 1. The van der Waals surface area contributed by atoms with Crippen LogP contribution < -0.4 is 10.1 Å². The van der Waals surface area contributed by atoms with Gasteiger partial charge in [0.25, 0.3) is 5.91 Å². The van der Waals surface area contributed by atoms with Gasteiger partial charge in [-0.05, 0) is 42.8 Å². The summed E-state index contributed by atoms with van der Waals surface area (Å²) in [6, 6.07) is 8.57. The van der Waals surface area contributed by atoms with Gasteiger partial charge in [0.05, 0.1) is 5.02 Å². The first kappa shape index (κ1) is 18.2. The zero-order chi connectivity index (χ0) is 18.5. The molecule has 0 radical (unpaired) electrons. The van der Waals surface area contributed by atoms with Gasteiger partial charge in [-0.25, -0.2) is 9.97 Å². The molecule has 3 rings (SSSR count). The first-order valence-corrected chi connectivity index (χ1v) is 8.61. The van der Waals surface area contributed by atoms with Crippen molar-refractivity contribution in [2.75, 3.05) is 0 Å². The highest BCUT2D eigenvalue weighted by Crippen LogP contribution is 2.28. The number of amides is 1. The lowest BCUT2D eigenvalue weighted by Crippen LogP contribution is -2.36. The molecule has 8 heteroatoms. The number of aromatic nitrogens is 3. The normalized spacial score (nSPS) is 11.8. The number of pyridine rings is 1. The predicted octanol–water partition coefficient (Wildman–Crippen LogP) is 3.66. The highest BCUT2D eigenvalue weighted by molar-refractivity contribution is 6.35. The van der Waals surface area contributed by atoms with E-state index in [9.17, 15) is 4.79 Å². The molecule has 0 aliphatic carbocycles. The van der Waals surface area contributed by atoms with Crippen LogP contribution in [0.1, 0.15) is 12.5 Å². The lowest BCUT2D eigenvalue weighted by atomic mass is 10.2.